The molecule has 1 amide bonds. The molecule has 26 heavy (non-hydrogen) atoms. The van der Waals surface area contributed by atoms with E-state index in [-0.39, 0.29) is 5.91 Å². The molecule has 1 aromatic heterocycles. The van der Waals surface area contributed by atoms with Gasteiger partial charge in [-0.3, -0.25) is 10.1 Å². The minimum atomic E-state index is -0.319. The highest BCUT2D eigenvalue weighted by atomic mass is 35.5. The van der Waals surface area contributed by atoms with Crippen molar-refractivity contribution in [2.75, 3.05) is 19.5 Å². The normalized spacial score (nSPS) is 10.5. The number of amides is 1. The predicted molar refractivity (Wildman–Crippen MR) is 105 cm³/mol. The van der Waals surface area contributed by atoms with Gasteiger partial charge in [-0.15, -0.1) is 11.3 Å². The van der Waals surface area contributed by atoms with Crippen LogP contribution in [0.15, 0.2) is 41.8 Å². The molecule has 8 heteroatoms. The fourth-order valence-electron chi connectivity index (χ4n) is 2.26. The molecule has 0 aliphatic rings. The number of ether oxygens (including phenoxy) is 2. The molecule has 0 fully saturated rings. The van der Waals surface area contributed by atoms with Crippen LogP contribution in [0, 0.1) is 0 Å². The molecule has 0 aliphatic heterocycles. The number of halogens is 2. The first kappa shape index (κ1) is 18.5. The van der Waals surface area contributed by atoms with Crippen molar-refractivity contribution in [3.8, 4) is 22.8 Å². The van der Waals surface area contributed by atoms with Crippen molar-refractivity contribution >= 4 is 45.6 Å². The average Bonchev–Trinajstić information content (AvgIpc) is 3.11. The van der Waals surface area contributed by atoms with E-state index < -0.39 is 0 Å². The summed E-state index contributed by atoms with van der Waals surface area (Å²) in [5, 5.41) is 6.12. The van der Waals surface area contributed by atoms with Crippen molar-refractivity contribution in [3.05, 3.63) is 57.4 Å². The Kier molecular flexibility index (Phi) is 5.66. The fraction of sp³-hybridized carbons (Fsp3) is 0.111. The van der Waals surface area contributed by atoms with Gasteiger partial charge in [0, 0.05) is 27.6 Å². The number of rotatable bonds is 5. The van der Waals surface area contributed by atoms with Crippen LogP contribution in [0.5, 0.6) is 11.5 Å². The van der Waals surface area contributed by atoms with Gasteiger partial charge in [0.05, 0.1) is 24.9 Å². The number of anilines is 1. The summed E-state index contributed by atoms with van der Waals surface area (Å²) in [5.74, 6) is 0.736. The van der Waals surface area contributed by atoms with E-state index in [0.29, 0.717) is 43.5 Å². The van der Waals surface area contributed by atoms with Crippen molar-refractivity contribution in [2.24, 2.45) is 0 Å². The van der Waals surface area contributed by atoms with Crippen LogP contribution in [0.2, 0.25) is 10.0 Å². The van der Waals surface area contributed by atoms with E-state index in [9.17, 15) is 4.79 Å². The summed E-state index contributed by atoms with van der Waals surface area (Å²) in [5.41, 5.74) is 1.75. The molecule has 0 saturated carbocycles. The Hall–Kier alpha value is -2.28. The van der Waals surface area contributed by atoms with Gasteiger partial charge in [0.15, 0.2) is 5.13 Å². The van der Waals surface area contributed by atoms with Crippen molar-refractivity contribution in [1.82, 2.24) is 4.98 Å². The maximum atomic E-state index is 12.5. The summed E-state index contributed by atoms with van der Waals surface area (Å²) in [4.78, 5) is 16.9. The van der Waals surface area contributed by atoms with Crippen LogP contribution in [0.1, 0.15) is 10.4 Å². The molecule has 0 saturated heterocycles. The topological polar surface area (TPSA) is 60.5 Å². The van der Waals surface area contributed by atoms with Gasteiger partial charge in [-0.1, -0.05) is 23.2 Å². The van der Waals surface area contributed by atoms with E-state index in [1.54, 1.807) is 41.8 Å². The van der Waals surface area contributed by atoms with Crippen molar-refractivity contribution in [3.63, 3.8) is 0 Å². The largest absolute Gasteiger partial charge is 0.497 e. The van der Waals surface area contributed by atoms with Crippen molar-refractivity contribution in [1.29, 1.82) is 0 Å². The number of nitrogens with one attached hydrogen (secondary N) is 1. The van der Waals surface area contributed by atoms with Gasteiger partial charge in [-0.2, -0.15) is 0 Å². The zero-order valence-electron chi connectivity index (χ0n) is 13.9. The van der Waals surface area contributed by atoms with Gasteiger partial charge >= 0.3 is 0 Å². The molecule has 0 radical (unpaired) electrons. The van der Waals surface area contributed by atoms with E-state index in [1.807, 2.05) is 0 Å². The molecule has 0 unspecified atom stereocenters. The Morgan fingerprint density at radius 3 is 2.42 bits per heavy atom. The number of methoxy groups -OCH3 is 2. The van der Waals surface area contributed by atoms with Gasteiger partial charge in [-0.05, 0) is 30.3 Å². The molecular formula is C18H14Cl2N2O3S. The molecule has 0 spiro atoms. The molecule has 0 aliphatic carbocycles. The van der Waals surface area contributed by atoms with Crippen LogP contribution in [0.4, 0.5) is 5.13 Å². The summed E-state index contributed by atoms with van der Waals surface area (Å²) >= 11 is 13.5. The number of carbonyl (C=O) groups is 1. The smallest absolute Gasteiger partial charge is 0.257 e. The van der Waals surface area contributed by atoms with Crippen LogP contribution < -0.4 is 14.8 Å². The Labute approximate surface area is 164 Å². The first-order chi connectivity index (χ1) is 12.5. The zero-order chi connectivity index (χ0) is 18.7. The summed E-state index contributed by atoms with van der Waals surface area (Å²) < 4.78 is 10.4. The molecular weight excluding hydrogens is 395 g/mol. The summed E-state index contributed by atoms with van der Waals surface area (Å²) in [6.45, 7) is 0. The Morgan fingerprint density at radius 1 is 1.08 bits per heavy atom. The minimum absolute atomic E-state index is 0.319. The third-order valence-electron chi connectivity index (χ3n) is 3.54. The minimum Gasteiger partial charge on any atom is -0.497 e. The third kappa shape index (κ3) is 4.09. The second kappa shape index (κ2) is 7.95. The van der Waals surface area contributed by atoms with E-state index in [1.165, 1.54) is 25.6 Å². The lowest BCUT2D eigenvalue weighted by Gasteiger charge is -2.08. The highest BCUT2D eigenvalue weighted by Gasteiger charge is 2.14. The number of aromatic nitrogens is 1. The van der Waals surface area contributed by atoms with Gasteiger partial charge < -0.3 is 9.47 Å². The number of hydrogen-bond donors (Lipinski definition) is 1. The molecule has 1 N–H and O–H groups in total. The summed E-state index contributed by atoms with van der Waals surface area (Å²) in [6, 6.07) is 10.1. The quantitative estimate of drug-likeness (QED) is 0.614. The molecule has 0 bridgehead atoms. The van der Waals surface area contributed by atoms with Gasteiger partial charge in [0.1, 0.15) is 11.5 Å². The molecule has 134 valence electrons. The number of nitrogens with zero attached hydrogens (tertiary/aromatic N) is 1. The first-order valence-corrected chi connectivity index (χ1v) is 9.09. The third-order valence-corrected chi connectivity index (χ3v) is 4.87. The fourth-order valence-corrected chi connectivity index (χ4v) is 3.35. The van der Waals surface area contributed by atoms with E-state index >= 15 is 0 Å². The molecule has 5 nitrogen and oxygen atoms in total. The Balaban J connectivity index is 1.83. The Morgan fingerprint density at radius 2 is 1.77 bits per heavy atom. The van der Waals surface area contributed by atoms with Crippen LogP contribution >= 0.6 is 34.5 Å². The molecule has 1 heterocycles. The van der Waals surface area contributed by atoms with Crippen molar-refractivity contribution < 1.29 is 14.3 Å². The zero-order valence-corrected chi connectivity index (χ0v) is 16.2. The molecule has 0 atom stereocenters. The second-order valence-corrected chi connectivity index (χ2v) is 6.92. The monoisotopic (exact) mass is 408 g/mol. The van der Waals surface area contributed by atoms with Crippen LogP contribution in [0.25, 0.3) is 11.3 Å². The lowest BCUT2D eigenvalue weighted by Crippen LogP contribution is -2.12. The SMILES string of the molecule is COc1cc(OC)cc(C(=O)Nc2nc(-c3cc(Cl)ccc3Cl)cs2)c1. The number of thiazole rings is 1. The Bertz CT molecular complexity index is 937. The van der Waals surface area contributed by atoms with E-state index in [0.717, 1.165) is 0 Å². The average molecular weight is 409 g/mol. The highest BCUT2D eigenvalue weighted by Crippen LogP contribution is 2.33. The van der Waals surface area contributed by atoms with Gasteiger partial charge in [-0.25, -0.2) is 4.98 Å². The lowest BCUT2D eigenvalue weighted by atomic mass is 10.2. The van der Waals surface area contributed by atoms with Gasteiger partial charge in [0.2, 0.25) is 0 Å². The molecule has 2 aromatic carbocycles. The predicted octanol–water partition coefficient (Wildman–Crippen LogP) is 5.39. The first-order valence-electron chi connectivity index (χ1n) is 7.45. The summed E-state index contributed by atoms with van der Waals surface area (Å²) in [7, 11) is 3.05. The van der Waals surface area contributed by atoms with E-state index in [2.05, 4.69) is 10.3 Å². The highest BCUT2D eigenvalue weighted by molar-refractivity contribution is 7.14. The summed E-state index contributed by atoms with van der Waals surface area (Å²) in [6.07, 6.45) is 0. The second-order valence-electron chi connectivity index (χ2n) is 5.22. The number of benzene rings is 2. The standard InChI is InChI=1S/C18H14Cl2N2O3S/c1-24-12-5-10(6-13(8-12)25-2)17(23)22-18-21-16(9-26-18)14-7-11(19)3-4-15(14)20/h3-9H,1-2H3,(H,21,22,23). The lowest BCUT2D eigenvalue weighted by molar-refractivity contribution is 0.102. The maximum Gasteiger partial charge on any atom is 0.257 e. The van der Waals surface area contributed by atoms with Crippen molar-refractivity contribution in [2.45, 2.75) is 0 Å². The van der Waals surface area contributed by atoms with Crippen LogP contribution in [0.3, 0.4) is 0 Å². The molecule has 3 aromatic rings. The van der Waals surface area contributed by atoms with Gasteiger partial charge in [0.25, 0.3) is 5.91 Å². The van der Waals surface area contributed by atoms with Crippen LogP contribution in [-0.2, 0) is 0 Å². The maximum absolute atomic E-state index is 12.5. The molecule has 3 rings (SSSR count). The van der Waals surface area contributed by atoms with E-state index in [4.69, 9.17) is 32.7 Å². The van der Waals surface area contributed by atoms with Crippen LogP contribution in [-0.4, -0.2) is 25.1 Å². The number of carbonyl (C=O) groups excluding carboxylic acids is 1. The number of hydrogen-bond acceptors (Lipinski definition) is 5.